The molecule has 0 aromatic heterocycles. The summed E-state index contributed by atoms with van der Waals surface area (Å²) in [5.41, 5.74) is 0. The van der Waals surface area contributed by atoms with E-state index in [0.717, 1.165) is 18.6 Å². The molecule has 1 rings (SSSR count). The van der Waals surface area contributed by atoms with Crippen LogP contribution in [0.25, 0.3) is 0 Å². The smallest absolute Gasteiger partial charge is 0.316 e. The van der Waals surface area contributed by atoms with E-state index in [9.17, 15) is 9.59 Å². The SMILES string of the molecule is COC(=O)C(C(=O)C1CCCS1)C(C)C. The van der Waals surface area contributed by atoms with E-state index in [1.807, 2.05) is 13.8 Å². The second-order valence-electron chi connectivity index (χ2n) is 4.15. The zero-order valence-electron chi connectivity index (χ0n) is 9.49. The molecule has 1 aliphatic rings. The Morgan fingerprint density at radius 3 is 2.47 bits per heavy atom. The first-order valence-corrected chi connectivity index (χ1v) is 6.36. The van der Waals surface area contributed by atoms with Crippen molar-refractivity contribution in [2.75, 3.05) is 12.9 Å². The lowest BCUT2D eigenvalue weighted by molar-refractivity contribution is -0.151. The fraction of sp³-hybridized carbons (Fsp3) is 0.818. The molecule has 1 saturated heterocycles. The van der Waals surface area contributed by atoms with Crippen LogP contribution in [0, 0.1) is 11.8 Å². The van der Waals surface area contributed by atoms with Crippen molar-refractivity contribution in [1.82, 2.24) is 0 Å². The van der Waals surface area contributed by atoms with E-state index >= 15 is 0 Å². The second-order valence-corrected chi connectivity index (χ2v) is 5.46. The van der Waals surface area contributed by atoms with E-state index in [4.69, 9.17) is 0 Å². The molecule has 2 atom stereocenters. The lowest BCUT2D eigenvalue weighted by atomic mass is 9.89. The first kappa shape index (κ1) is 12.6. The summed E-state index contributed by atoms with van der Waals surface area (Å²) in [5, 5.41) is 0.0106. The highest BCUT2D eigenvalue weighted by Crippen LogP contribution is 2.31. The molecule has 0 aromatic rings. The molecule has 0 amide bonds. The minimum Gasteiger partial charge on any atom is -0.468 e. The van der Waals surface area contributed by atoms with E-state index in [1.165, 1.54) is 7.11 Å². The van der Waals surface area contributed by atoms with Crippen LogP contribution in [-0.2, 0) is 14.3 Å². The topological polar surface area (TPSA) is 43.4 Å². The highest BCUT2D eigenvalue weighted by Gasteiger charge is 2.36. The molecule has 1 heterocycles. The average molecular weight is 230 g/mol. The lowest BCUT2D eigenvalue weighted by Crippen LogP contribution is -2.35. The Labute approximate surface area is 94.9 Å². The molecule has 1 aliphatic heterocycles. The Morgan fingerprint density at radius 1 is 1.40 bits per heavy atom. The number of methoxy groups -OCH3 is 1. The number of carbonyl (C=O) groups excluding carboxylic acids is 2. The molecule has 1 fully saturated rings. The van der Waals surface area contributed by atoms with Crippen LogP contribution in [0.1, 0.15) is 26.7 Å². The fourth-order valence-corrected chi connectivity index (χ4v) is 3.11. The van der Waals surface area contributed by atoms with E-state index in [-0.39, 0.29) is 22.9 Å². The zero-order valence-corrected chi connectivity index (χ0v) is 10.3. The third-order valence-corrected chi connectivity index (χ3v) is 4.07. The van der Waals surface area contributed by atoms with Crippen LogP contribution < -0.4 is 0 Å². The lowest BCUT2D eigenvalue weighted by Gasteiger charge is -2.19. The molecule has 0 saturated carbocycles. The Morgan fingerprint density at radius 2 is 2.07 bits per heavy atom. The normalized spacial score (nSPS) is 22.8. The summed E-state index contributed by atoms with van der Waals surface area (Å²) in [7, 11) is 1.34. The summed E-state index contributed by atoms with van der Waals surface area (Å²) in [6.45, 7) is 3.78. The largest absolute Gasteiger partial charge is 0.468 e. The molecular weight excluding hydrogens is 212 g/mol. The van der Waals surface area contributed by atoms with Crippen molar-refractivity contribution < 1.29 is 14.3 Å². The van der Waals surface area contributed by atoms with Gasteiger partial charge in [-0.05, 0) is 24.5 Å². The number of hydrogen-bond acceptors (Lipinski definition) is 4. The Bertz CT molecular complexity index is 244. The minimum absolute atomic E-state index is 0.0106. The van der Waals surface area contributed by atoms with Crippen LogP contribution in [-0.4, -0.2) is 29.9 Å². The summed E-state index contributed by atoms with van der Waals surface area (Å²) in [6, 6.07) is 0. The van der Waals surface area contributed by atoms with Crippen molar-refractivity contribution in [3.05, 3.63) is 0 Å². The maximum Gasteiger partial charge on any atom is 0.316 e. The number of thioether (sulfide) groups is 1. The van der Waals surface area contributed by atoms with Crippen LogP contribution in [0.2, 0.25) is 0 Å². The van der Waals surface area contributed by atoms with Crippen molar-refractivity contribution in [2.45, 2.75) is 31.9 Å². The van der Waals surface area contributed by atoms with Crippen molar-refractivity contribution in [3.63, 3.8) is 0 Å². The quantitative estimate of drug-likeness (QED) is 0.546. The van der Waals surface area contributed by atoms with Gasteiger partial charge in [-0.2, -0.15) is 11.8 Å². The van der Waals surface area contributed by atoms with Gasteiger partial charge in [0.15, 0.2) is 5.78 Å². The van der Waals surface area contributed by atoms with Crippen molar-refractivity contribution in [1.29, 1.82) is 0 Å². The van der Waals surface area contributed by atoms with Gasteiger partial charge in [0, 0.05) is 0 Å². The molecule has 0 aromatic carbocycles. The van der Waals surface area contributed by atoms with Gasteiger partial charge < -0.3 is 4.74 Å². The maximum absolute atomic E-state index is 12.1. The van der Waals surface area contributed by atoms with Gasteiger partial charge in [-0.15, -0.1) is 0 Å². The number of carbonyl (C=O) groups is 2. The maximum atomic E-state index is 12.1. The monoisotopic (exact) mass is 230 g/mol. The molecule has 0 radical (unpaired) electrons. The first-order valence-electron chi connectivity index (χ1n) is 5.31. The molecule has 3 nitrogen and oxygen atoms in total. The fourth-order valence-electron chi connectivity index (χ4n) is 1.85. The molecule has 0 aliphatic carbocycles. The third kappa shape index (κ3) is 2.97. The van der Waals surface area contributed by atoms with Crippen LogP contribution in [0.3, 0.4) is 0 Å². The number of Topliss-reactive ketones (excluding diaryl/α,β-unsaturated/α-hetero) is 1. The van der Waals surface area contributed by atoms with E-state index in [0.29, 0.717) is 0 Å². The van der Waals surface area contributed by atoms with Gasteiger partial charge in [-0.25, -0.2) is 0 Å². The molecule has 15 heavy (non-hydrogen) atoms. The molecule has 0 bridgehead atoms. The Hall–Kier alpha value is -0.510. The molecule has 0 spiro atoms. The molecule has 86 valence electrons. The summed E-state index contributed by atoms with van der Waals surface area (Å²) in [6.07, 6.45) is 1.98. The highest BCUT2D eigenvalue weighted by atomic mass is 32.2. The standard InChI is InChI=1S/C11H18O3S/c1-7(2)9(11(13)14-3)10(12)8-5-4-6-15-8/h7-9H,4-6H2,1-3H3. The highest BCUT2D eigenvalue weighted by molar-refractivity contribution is 8.00. The first-order chi connectivity index (χ1) is 7.07. The van der Waals surface area contributed by atoms with E-state index in [1.54, 1.807) is 11.8 Å². The van der Waals surface area contributed by atoms with E-state index < -0.39 is 5.92 Å². The summed E-state index contributed by atoms with van der Waals surface area (Å²) < 4.78 is 4.69. The van der Waals surface area contributed by atoms with Gasteiger partial charge in [-0.3, -0.25) is 9.59 Å². The number of esters is 1. The third-order valence-electron chi connectivity index (χ3n) is 2.68. The number of ether oxygens (including phenoxy) is 1. The van der Waals surface area contributed by atoms with Crippen LogP contribution in [0.5, 0.6) is 0 Å². The second kappa shape index (κ2) is 5.54. The summed E-state index contributed by atoms with van der Waals surface area (Å²) in [5.74, 6) is 0.140. The van der Waals surface area contributed by atoms with Gasteiger partial charge >= 0.3 is 5.97 Å². The van der Waals surface area contributed by atoms with Gasteiger partial charge in [0.2, 0.25) is 0 Å². The molecule has 2 unspecified atom stereocenters. The van der Waals surface area contributed by atoms with Gasteiger partial charge in [0.05, 0.1) is 12.4 Å². The zero-order chi connectivity index (χ0) is 11.4. The molecular formula is C11H18O3S. The average Bonchev–Trinajstić information content (AvgIpc) is 2.69. The Balaban J connectivity index is 2.70. The van der Waals surface area contributed by atoms with Crippen LogP contribution >= 0.6 is 11.8 Å². The number of rotatable bonds is 4. The van der Waals surface area contributed by atoms with Crippen molar-refractivity contribution in [3.8, 4) is 0 Å². The van der Waals surface area contributed by atoms with Crippen LogP contribution in [0.4, 0.5) is 0 Å². The van der Waals surface area contributed by atoms with Crippen molar-refractivity contribution >= 4 is 23.5 Å². The van der Waals surface area contributed by atoms with E-state index in [2.05, 4.69) is 4.74 Å². The minimum atomic E-state index is -0.578. The summed E-state index contributed by atoms with van der Waals surface area (Å²) >= 11 is 1.67. The summed E-state index contributed by atoms with van der Waals surface area (Å²) in [4.78, 5) is 23.6. The number of ketones is 1. The van der Waals surface area contributed by atoms with Gasteiger partial charge in [0.1, 0.15) is 5.92 Å². The predicted octanol–water partition coefficient (Wildman–Crippen LogP) is 1.90. The molecule has 4 heteroatoms. The Kier molecular flexibility index (Phi) is 4.64. The van der Waals surface area contributed by atoms with Crippen molar-refractivity contribution in [2.24, 2.45) is 11.8 Å². The number of hydrogen-bond donors (Lipinski definition) is 0. The van der Waals surface area contributed by atoms with Crippen LogP contribution in [0.15, 0.2) is 0 Å². The molecule has 0 N–H and O–H groups in total. The van der Waals surface area contributed by atoms with Gasteiger partial charge in [-0.1, -0.05) is 13.8 Å². The predicted molar refractivity (Wildman–Crippen MR) is 60.8 cm³/mol. The van der Waals surface area contributed by atoms with Gasteiger partial charge in [0.25, 0.3) is 0 Å².